The second-order valence-corrected chi connectivity index (χ2v) is 16.0. The summed E-state index contributed by atoms with van der Waals surface area (Å²) >= 11 is 0. The molecule has 10 atom stereocenters. The summed E-state index contributed by atoms with van der Waals surface area (Å²) in [6, 6.07) is 15.0. The monoisotopic (exact) mass is 852 g/mol. The molecule has 0 unspecified atom stereocenters. The quantitative estimate of drug-likeness (QED) is 0.0548. The second-order valence-electron chi connectivity index (χ2n) is 16.0. The van der Waals surface area contributed by atoms with Gasteiger partial charge in [-0.05, 0) is 37.1 Å². The molecule has 17 heteroatoms. The van der Waals surface area contributed by atoms with Crippen LogP contribution in [0.4, 0.5) is 0 Å². The fourth-order valence-electron chi connectivity index (χ4n) is 7.62. The topological polar surface area (TPSA) is 229 Å². The molecule has 0 bridgehead atoms. The average molecular weight is 853 g/mol. The van der Waals surface area contributed by atoms with Crippen molar-refractivity contribution in [3.05, 3.63) is 60.9 Å². The van der Waals surface area contributed by atoms with Crippen molar-refractivity contribution in [1.82, 2.24) is 30.0 Å². The van der Waals surface area contributed by atoms with E-state index in [-0.39, 0.29) is 13.1 Å². The molecule has 2 aliphatic heterocycles. The van der Waals surface area contributed by atoms with Gasteiger partial charge < -0.3 is 54.3 Å². The molecular weight excluding hydrogens is 789 g/mol. The molecule has 6 rings (SSSR count). The van der Waals surface area contributed by atoms with E-state index in [9.17, 15) is 30.6 Å². The maximum atomic E-state index is 10.9. The first-order valence-electron chi connectivity index (χ1n) is 22.0. The Hall–Kier alpha value is -4.04. The number of aliphatic hydroxyl groups excluding tert-OH is 6. The summed E-state index contributed by atoms with van der Waals surface area (Å²) in [4.78, 5) is 0. The van der Waals surface area contributed by atoms with E-state index < -0.39 is 61.4 Å². The Kier molecular flexibility index (Phi) is 17.8. The molecule has 0 spiro atoms. The van der Waals surface area contributed by atoms with Crippen molar-refractivity contribution in [2.75, 3.05) is 13.2 Å². The summed E-state index contributed by atoms with van der Waals surface area (Å²) in [5.74, 6) is 1.33. The molecule has 0 radical (unpaired) electrons. The minimum atomic E-state index is -1.77. The van der Waals surface area contributed by atoms with Gasteiger partial charge in [-0.2, -0.15) is 0 Å². The van der Waals surface area contributed by atoms with Crippen LogP contribution in [0.1, 0.15) is 90.9 Å². The molecule has 2 fully saturated rings. The first kappa shape index (κ1) is 46.5. The van der Waals surface area contributed by atoms with E-state index in [0.717, 1.165) is 36.8 Å². The van der Waals surface area contributed by atoms with Gasteiger partial charge in [0.25, 0.3) is 0 Å². The number of aromatic nitrogens is 6. The molecule has 2 aliphatic rings. The largest absolute Gasteiger partial charge is 0.493 e. The van der Waals surface area contributed by atoms with Gasteiger partial charge in [0.05, 0.1) is 38.7 Å². The van der Waals surface area contributed by atoms with Crippen LogP contribution in [0, 0.1) is 0 Å². The molecule has 17 nitrogen and oxygen atoms in total. The van der Waals surface area contributed by atoms with Crippen LogP contribution in [0.25, 0.3) is 22.5 Å². The van der Waals surface area contributed by atoms with E-state index in [1.54, 1.807) is 12.4 Å². The smallest absolute Gasteiger partial charge is 0.189 e. The summed E-state index contributed by atoms with van der Waals surface area (Å²) in [7, 11) is 0. The minimum absolute atomic E-state index is 0.0987. The van der Waals surface area contributed by atoms with E-state index in [1.165, 1.54) is 60.7 Å². The second kappa shape index (κ2) is 23.4. The molecule has 0 saturated carbocycles. The fraction of sp³-hybridized carbons (Fsp3) is 0.636. The van der Waals surface area contributed by atoms with Crippen molar-refractivity contribution >= 4 is 0 Å². The standard InChI is InChI=1S/C44H64N6O11/c1-3-5-7-9-11-17-23-57-33-21-15-13-19-29(33)31-25-49(47-45-31)27-35-37(51)39(53)41(55)43(59-35)61-44-42(56)40(54)38(52)36(60-44)28-50-26-32(46-48-50)30-20-14-16-22-34(30)58-24-18-12-10-8-6-4-2/h13-16,19-22,25-26,35-44,51-56H,3-12,17-18,23-24,27-28H2,1-2H3/t35-,36-,37-,38-,39+,40+,41-,42-,43-,44-/m1/s1. The third kappa shape index (κ3) is 12.5. The van der Waals surface area contributed by atoms with Crippen molar-refractivity contribution in [3.63, 3.8) is 0 Å². The summed E-state index contributed by atoms with van der Waals surface area (Å²) in [6.07, 6.45) is 1.40. The number of rotatable bonds is 24. The highest BCUT2D eigenvalue weighted by Gasteiger charge is 2.50. The Labute approximate surface area is 357 Å². The van der Waals surface area contributed by atoms with Crippen molar-refractivity contribution in [2.24, 2.45) is 0 Å². The van der Waals surface area contributed by atoms with Crippen molar-refractivity contribution < 1.29 is 54.3 Å². The van der Waals surface area contributed by atoms with Gasteiger partial charge in [0.1, 0.15) is 71.7 Å². The Morgan fingerprint density at radius 1 is 0.508 bits per heavy atom. The Bertz CT molecular complexity index is 1750. The highest BCUT2D eigenvalue weighted by Crippen LogP contribution is 2.32. The molecule has 61 heavy (non-hydrogen) atoms. The maximum Gasteiger partial charge on any atom is 0.189 e. The van der Waals surface area contributed by atoms with Crippen molar-refractivity contribution in [2.45, 2.75) is 165 Å². The van der Waals surface area contributed by atoms with Crippen molar-refractivity contribution in [3.8, 4) is 34.0 Å². The zero-order valence-corrected chi connectivity index (χ0v) is 35.3. The van der Waals surface area contributed by atoms with Gasteiger partial charge >= 0.3 is 0 Å². The number of nitrogens with zero attached hydrogens (tertiary/aromatic N) is 6. The third-order valence-electron chi connectivity index (χ3n) is 11.3. The Morgan fingerprint density at radius 2 is 0.902 bits per heavy atom. The van der Waals surface area contributed by atoms with Crippen LogP contribution in [-0.4, -0.2) is 135 Å². The highest BCUT2D eigenvalue weighted by atomic mass is 16.8. The molecule has 2 saturated heterocycles. The molecule has 4 aromatic rings. The molecule has 4 heterocycles. The lowest BCUT2D eigenvalue weighted by Gasteiger charge is -2.45. The number of benzene rings is 2. The van der Waals surface area contributed by atoms with Crippen LogP contribution < -0.4 is 9.47 Å². The van der Waals surface area contributed by atoms with Crippen molar-refractivity contribution in [1.29, 1.82) is 0 Å². The summed E-state index contributed by atoms with van der Waals surface area (Å²) in [6.45, 7) is 5.34. The number of ether oxygens (including phenoxy) is 5. The number of aliphatic hydroxyl groups is 6. The van der Waals surface area contributed by atoms with E-state index in [1.807, 2.05) is 48.5 Å². The van der Waals surface area contributed by atoms with Gasteiger partial charge in [-0.1, -0.05) is 113 Å². The highest BCUT2D eigenvalue weighted by molar-refractivity contribution is 5.66. The number of unbranched alkanes of at least 4 members (excludes halogenated alkanes) is 10. The molecule has 336 valence electrons. The lowest BCUT2D eigenvalue weighted by molar-refractivity contribution is -0.375. The lowest BCUT2D eigenvalue weighted by atomic mass is 9.97. The van der Waals surface area contributed by atoms with Crippen LogP contribution in [0.15, 0.2) is 60.9 Å². The first-order valence-corrected chi connectivity index (χ1v) is 22.0. The van der Waals surface area contributed by atoms with E-state index in [0.29, 0.717) is 36.1 Å². The van der Waals surface area contributed by atoms with Gasteiger partial charge in [-0.3, -0.25) is 0 Å². The van der Waals surface area contributed by atoms with E-state index >= 15 is 0 Å². The minimum Gasteiger partial charge on any atom is -0.493 e. The van der Waals surface area contributed by atoms with Gasteiger partial charge in [0.15, 0.2) is 12.6 Å². The molecule has 0 amide bonds. The Balaban J connectivity index is 1.05. The zero-order valence-electron chi connectivity index (χ0n) is 35.3. The molecule has 6 N–H and O–H groups in total. The van der Waals surface area contributed by atoms with Gasteiger partial charge in [-0.15, -0.1) is 10.2 Å². The van der Waals surface area contributed by atoms with Gasteiger partial charge in [0.2, 0.25) is 0 Å². The fourth-order valence-corrected chi connectivity index (χ4v) is 7.62. The van der Waals surface area contributed by atoms with Crippen LogP contribution in [0.3, 0.4) is 0 Å². The summed E-state index contributed by atoms with van der Waals surface area (Å²) in [5.41, 5.74) is 2.52. The predicted octanol–water partition coefficient (Wildman–Crippen LogP) is 4.01. The number of hydrogen-bond acceptors (Lipinski definition) is 15. The lowest BCUT2D eigenvalue weighted by Crippen LogP contribution is -2.63. The van der Waals surface area contributed by atoms with Gasteiger partial charge in [0, 0.05) is 11.1 Å². The van der Waals surface area contributed by atoms with E-state index in [4.69, 9.17) is 23.7 Å². The first-order chi connectivity index (χ1) is 29.7. The summed E-state index contributed by atoms with van der Waals surface area (Å²) in [5, 5.41) is 82.4. The third-order valence-corrected chi connectivity index (χ3v) is 11.3. The van der Waals surface area contributed by atoms with Crippen LogP contribution >= 0.6 is 0 Å². The molecule has 0 aliphatic carbocycles. The molecule has 2 aromatic carbocycles. The average Bonchev–Trinajstić information content (AvgIpc) is 3.95. The van der Waals surface area contributed by atoms with Crippen LogP contribution in [0.2, 0.25) is 0 Å². The SMILES string of the molecule is CCCCCCCCOc1ccccc1-c1cn(C[C@H]2O[C@H](O[C@H]3O[C@H](Cn4cc(-c5ccccc5OCCCCCCCC)nn4)[C@@H](O)[C@H](O)[C@H]3O)[C@H](O)[C@@H](O)[C@@H]2O)nn1. The number of hydrogen-bond donors (Lipinski definition) is 6. The summed E-state index contributed by atoms with van der Waals surface area (Å²) < 4.78 is 32.8. The predicted molar refractivity (Wildman–Crippen MR) is 223 cm³/mol. The normalized spacial score (nSPS) is 26.7. The Morgan fingerprint density at radius 3 is 1.33 bits per heavy atom. The number of para-hydroxylation sites is 2. The molecule has 2 aromatic heterocycles. The van der Waals surface area contributed by atoms with Gasteiger partial charge in [-0.25, -0.2) is 9.36 Å². The van der Waals surface area contributed by atoms with Crippen LogP contribution in [0.5, 0.6) is 11.5 Å². The van der Waals surface area contributed by atoms with Crippen LogP contribution in [-0.2, 0) is 27.3 Å². The zero-order chi connectivity index (χ0) is 43.1. The van der Waals surface area contributed by atoms with E-state index in [2.05, 4.69) is 34.5 Å². The maximum absolute atomic E-state index is 10.9. The molecular formula is C44H64N6O11.